The van der Waals surface area contributed by atoms with Crippen molar-refractivity contribution in [2.24, 2.45) is 0 Å². The molecule has 0 radical (unpaired) electrons. The number of halogens is 2. The van der Waals surface area contributed by atoms with E-state index in [1.807, 2.05) is 17.0 Å². The number of carboxylic acid groups (broad SMARTS) is 1. The molecule has 1 spiro atoms. The van der Waals surface area contributed by atoms with Crippen LogP contribution in [-0.4, -0.2) is 58.2 Å². The zero-order valence-corrected chi connectivity index (χ0v) is 21.3. The molecule has 1 saturated carbocycles. The van der Waals surface area contributed by atoms with Gasteiger partial charge in [0, 0.05) is 55.6 Å². The minimum Gasteiger partial charge on any atom is -0.481 e. The highest BCUT2D eigenvalue weighted by molar-refractivity contribution is 5.70. The van der Waals surface area contributed by atoms with E-state index in [0.717, 1.165) is 68.5 Å². The van der Waals surface area contributed by atoms with Gasteiger partial charge in [-0.05, 0) is 43.5 Å². The first-order chi connectivity index (χ1) is 18.3. The molecule has 1 saturated heterocycles. The molecule has 38 heavy (non-hydrogen) atoms. The summed E-state index contributed by atoms with van der Waals surface area (Å²) in [5.74, 6) is -0.191. The summed E-state index contributed by atoms with van der Waals surface area (Å²) in [4.78, 5) is 31.9. The van der Waals surface area contributed by atoms with Crippen molar-refractivity contribution in [2.45, 2.75) is 50.5 Å². The number of aromatic nitrogens is 3. The van der Waals surface area contributed by atoms with Gasteiger partial charge in [0.2, 0.25) is 0 Å². The van der Waals surface area contributed by atoms with Crippen LogP contribution in [0.5, 0.6) is 0 Å². The van der Waals surface area contributed by atoms with Gasteiger partial charge in [0.05, 0.1) is 18.3 Å². The Morgan fingerprint density at radius 2 is 1.87 bits per heavy atom. The highest BCUT2D eigenvalue weighted by Crippen LogP contribution is 2.51. The van der Waals surface area contributed by atoms with Gasteiger partial charge in [-0.3, -0.25) is 4.79 Å². The van der Waals surface area contributed by atoms with E-state index in [9.17, 15) is 13.6 Å². The fourth-order valence-electron chi connectivity index (χ4n) is 6.22. The van der Waals surface area contributed by atoms with Gasteiger partial charge in [-0.1, -0.05) is 18.9 Å². The molecule has 6 rings (SSSR count). The molecule has 10 heteroatoms. The van der Waals surface area contributed by atoms with Gasteiger partial charge >= 0.3 is 5.97 Å². The number of pyridine rings is 1. The Kier molecular flexibility index (Phi) is 6.12. The zero-order valence-electron chi connectivity index (χ0n) is 21.3. The summed E-state index contributed by atoms with van der Waals surface area (Å²) >= 11 is 0. The minimum absolute atomic E-state index is 0.0382. The predicted octanol–water partition coefficient (Wildman–Crippen LogP) is 4.46. The minimum atomic E-state index is -0.871. The zero-order chi connectivity index (χ0) is 26.4. The quantitative estimate of drug-likeness (QED) is 0.528. The van der Waals surface area contributed by atoms with Crippen LogP contribution in [0.2, 0.25) is 0 Å². The first kappa shape index (κ1) is 24.5. The summed E-state index contributed by atoms with van der Waals surface area (Å²) in [7, 11) is 0. The Bertz CT molecular complexity index is 1360. The van der Waals surface area contributed by atoms with Gasteiger partial charge in [-0.15, -0.1) is 0 Å². The molecule has 1 aromatic carbocycles. The standard InChI is InChI=1S/C28H30F2N6O2/c1-18-16-34(23-7-4-19(14-31-23)12-25(37)38)10-11-35(18)24-15-32-27-26(33-24)28(8-2-3-9-28)17-36(27)20-5-6-21(29)22(30)13-20/h4-7,13-15,18H,2-3,8-12,16-17H2,1H3,(H,37,38). The van der Waals surface area contributed by atoms with Crippen LogP contribution >= 0.6 is 0 Å². The second-order valence-corrected chi connectivity index (χ2v) is 10.7. The molecular formula is C28H30F2N6O2. The molecule has 0 bridgehead atoms. The molecule has 0 amide bonds. The number of aliphatic carboxylic acids is 1. The van der Waals surface area contributed by atoms with E-state index in [1.165, 1.54) is 12.1 Å². The molecule has 3 aromatic rings. The molecule has 4 heterocycles. The number of carboxylic acids is 1. The summed E-state index contributed by atoms with van der Waals surface area (Å²) in [6.45, 7) is 5.06. The maximum atomic E-state index is 14.1. The highest BCUT2D eigenvalue weighted by Gasteiger charge is 2.48. The number of rotatable bonds is 5. The van der Waals surface area contributed by atoms with Crippen LogP contribution in [0.15, 0.2) is 42.7 Å². The third-order valence-corrected chi connectivity index (χ3v) is 8.14. The fraction of sp³-hybridized carbons (Fsp3) is 0.429. The average Bonchev–Trinajstić information content (AvgIpc) is 3.51. The third-order valence-electron chi connectivity index (χ3n) is 8.14. The Morgan fingerprint density at radius 3 is 2.55 bits per heavy atom. The number of hydrogen-bond acceptors (Lipinski definition) is 7. The lowest BCUT2D eigenvalue weighted by Crippen LogP contribution is -2.52. The van der Waals surface area contributed by atoms with E-state index in [2.05, 4.69) is 21.7 Å². The van der Waals surface area contributed by atoms with Crippen LogP contribution in [0, 0.1) is 11.6 Å². The molecule has 2 fully saturated rings. The highest BCUT2D eigenvalue weighted by atomic mass is 19.2. The van der Waals surface area contributed by atoms with Crippen molar-refractivity contribution in [2.75, 3.05) is 40.9 Å². The van der Waals surface area contributed by atoms with Gasteiger partial charge < -0.3 is 19.8 Å². The van der Waals surface area contributed by atoms with E-state index in [0.29, 0.717) is 17.8 Å². The smallest absolute Gasteiger partial charge is 0.307 e. The number of benzene rings is 1. The van der Waals surface area contributed by atoms with E-state index >= 15 is 0 Å². The van der Waals surface area contributed by atoms with Crippen LogP contribution in [0.25, 0.3) is 0 Å². The predicted molar refractivity (Wildman–Crippen MR) is 140 cm³/mol. The molecule has 1 atom stereocenters. The molecule has 2 aromatic heterocycles. The number of nitrogens with zero attached hydrogens (tertiary/aromatic N) is 6. The van der Waals surface area contributed by atoms with Crippen LogP contribution in [0.4, 0.5) is 31.9 Å². The van der Waals surface area contributed by atoms with Crippen LogP contribution < -0.4 is 14.7 Å². The maximum absolute atomic E-state index is 14.1. The monoisotopic (exact) mass is 520 g/mol. The first-order valence-corrected chi connectivity index (χ1v) is 13.1. The molecule has 8 nitrogen and oxygen atoms in total. The molecule has 1 N–H and O–H groups in total. The Hall–Kier alpha value is -3.82. The lowest BCUT2D eigenvalue weighted by molar-refractivity contribution is -0.136. The van der Waals surface area contributed by atoms with Gasteiger partial charge in [0.25, 0.3) is 0 Å². The largest absolute Gasteiger partial charge is 0.481 e. The Labute approximate surface area is 219 Å². The van der Waals surface area contributed by atoms with Crippen LogP contribution in [0.3, 0.4) is 0 Å². The number of piperazine rings is 1. The van der Waals surface area contributed by atoms with E-state index in [4.69, 9.17) is 15.1 Å². The van der Waals surface area contributed by atoms with Gasteiger partial charge in [0.1, 0.15) is 11.6 Å². The third kappa shape index (κ3) is 4.31. The molecule has 2 aliphatic heterocycles. The fourth-order valence-corrected chi connectivity index (χ4v) is 6.22. The number of carbonyl (C=O) groups is 1. The molecule has 3 aliphatic rings. The van der Waals surface area contributed by atoms with Gasteiger partial charge in [0.15, 0.2) is 17.5 Å². The molecule has 1 aliphatic carbocycles. The molecular weight excluding hydrogens is 490 g/mol. The van der Waals surface area contributed by atoms with Gasteiger partial charge in [-0.25, -0.2) is 23.7 Å². The topological polar surface area (TPSA) is 85.7 Å². The summed E-state index contributed by atoms with van der Waals surface area (Å²) in [5, 5.41) is 8.99. The first-order valence-electron chi connectivity index (χ1n) is 13.1. The van der Waals surface area contributed by atoms with E-state index < -0.39 is 17.6 Å². The van der Waals surface area contributed by atoms with Crippen molar-refractivity contribution in [3.8, 4) is 0 Å². The average molecular weight is 521 g/mol. The normalized spacial score (nSPS) is 20.3. The number of hydrogen-bond donors (Lipinski definition) is 1. The summed E-state index contributed by atoms with van der Waals surface area (Å²) in [5.41, 5.74) is 2.11. The SMILES string of the molecule is CC1CN(c2ccc(CC(=O)O)cn2)CCN1c1cnc2c(n1)C1(CCCC1)CN2c1ccc(F)c(F)c1. The van der Waals surface area contributed by atoms with Gasteiger partial charge in [-0.2, -0.15) is 0 Å². The van der Waals surface area contributed by atoms with Crippen LogP contribution in [0.1, 0.15) is 43.9 Å². The Morgan fingerprint density at radius 1 is 1.05 bits per heavy atom. The lowest BCUT2D eigenvalue weighted by atomic mass is 9.84. The summed E-state index contributed by atoms with van der Waals surface area (Å²) in [6.07, 6.45) is 7.63. The van der Waals surface area contributed by atoms with Crippen molar-refractivity contribution < 1.29 is 18.7 Å². The molecule has 198 valence electrons. The van der Waals surface area contributed by atoms with E-state index in [-0.39, 0.29) is 17.9 Å². The lowest BCUT2D eigenvalue weighted by Gasteiger charge is -2.41. The second-order valence-electron chi connectivity index (χ2n) is 10.7. The van der Waals surface area contributed by atoms with Crippen molar-refractivity contribution in [1.82, 2.24) is 15.0 Å². The van der Waals surface area contributed by atoms with Crippen molar-refractivity contribution in [3.63, 3.8) is 0 Å². The summed E-state index contributed by atoms with van der Waals surface area (Å²) < 4.78 is 27.7. The van der Waals surface area contributed by atoms with Crippen molar-refractivity contribution in [1.29, 1.82) is 0 Å². The second kappa shape index (κ2) is 9.49. The summed E-state index contributed by atoms with van der Waals surface area (Å²) in [6, 6.07) is 7.87. The van der Waals surface area contributed by atoms with Crippen LogP contribution in [-0.2, 0) is 16.6 Å². The number of anilines is 4. The van der Waals surface area contributed by atoms with Crippen molar-refractivity contribution >= 4 is 29.1 Å². The van der Waals surface area contributed by atoms with Crippen molar-refractivity contribution in [3.05, 3.63) is 65.6 Å². The maximum Gasteiger partial charge on any atom is 0.307 e. The molecule has 1 unspecified atom stereocenters. The van der Waals surface area contributed by atoms with E-state index in [1.54, 1.807) is 18.5 Å². The Balaban J connectivity index is 1.24. The number of fused-ring (bicyclic) bond motifs is 2.